The van der Waals surface area contributed by atoms with Crippen molar-refractivity contribution in [3.63, 3.8) is 0 Å². The zero-order chi connectivity index (χ0) is 17.9. The van der Waals surface area contributed by atoms with Crippen LogP contribution in [0.2, 0.25) is 0 Å². The first-order chi connectivity index (χ1) is 11.2. The average molecular weight is 338 g/mol. The molecule has 6 heteroatoms. The smallest absolute Gasteiger partial charge is 0.253 e. The van der Waals surface area contributed by atoms with Crippen molar-refractivity contribution < 1.29 is 18.4 Å². The summed E-state index contributed by atoms with van der Waals surface area (Å²) in [5.74, 6) is -2.28. The average Bonchev–Trinajstić information content (AvgIpc) is 2.48. The molecule has 1 aliphatic rings. The number of nitrogens with zero attached hydrogens (tertiary/aromatic N) is 1. The molecule has 2 rings (SSSR count). The molecule has 132 valence electrons. The summed E-state index contributed by atoms with van der Waals surface area (Å²) in [5.41, 5.74) is 0.0806. The lowest BCUT2D eigenvalue weighted by molar-refractivity contribution is -0.123. The van der Waals surface area contributed by atoms with Gasteiger partial charge in [-0.15, -0.1) is 0 Å². The highest BCUT2D eigenvalue weighted by Crippen LogP contribution is 2.20. The van der Waals surface area contributed by atoms with E-state index in [0.29, 0.717) is 32.4 Å². The number of hydrogen-bond acceptors (Lipinski definition) is 2. The number of carbonyl (C=O) groups is 2. The van der Waals surface area contributed by atoms with E-state index in [1.54, 1.807) is 4.90 Å². The maximum Gasteiger partial charge on any atom is 0.253 e. The van der Waals surface area contributed by atoms with E-state index in [9.17, 15) is 18.4 Å². The molecule has 0 bridgehead atoms. The number of halogens is 2. The fraction of sp³-hybridized carbons (Fsp3) is 0.556. The van der Waals surface area contributed by atoms with E-state index in [2.05, 4.69) is 5.32 Å². The van der Waals surface area contributed by atoms with Crippen LogP contribution in [0.3, 0.4) is 0 Å². The molecule has 1 aromatic carbocycles. The molecule has 24 heavy (non-hydrogen) atoms. The summed E-state index contributed by atoms with van der Waals surface area (Å²) in [5, 5.41) is 3.00. The van der Waals surface area contributed by atoms with E-state index >= 15 is 0 Å². The van der Waals surface area contributed by atoms with Crippen LogP contribution in [-0.2, 0) is 4.79 Å². The fourth-order valence-electron chi connectivity index (χ4n) is 2.80. The lowest BCUT2D eigenvalue weighted by Gasteiger charge is -2.33. The first-order valence-electron chi connectivity index (χ1n) is 8.19. The molecule has 1 saturated heterocycles. The van der Waals surface area contributed by atoms with Crippen molar-refractivity contribution in [3.05, 3.63) is 35.4 Å². The van der Waals surface area contributed by atoms with Gasteiger partial charge in [-0.3, -0.25) is 9.59 Å². The number of piperidine rings is 1. The Bertz CT molecular complexity index is 618. The van der Waals surface area contributed by atoms with Gasteiger partial charge in [0, 0.05) is 31.1 Å². The fourth-order valence-corrected chi connectivity index (χ4v) is 2.80. The second-order valence-corrected chi connectivity index (χ2v) is 7.50. The van der Waals surface area contributed by atoms with Crippen LogP contribution in [0.15, 0.2) is 18.2 Å². The van der Waals surface area contributed by atoms with Crippen molar-refractivity contribution in [1.82, 2.24) is 10.2 Å². The van der Waals surface area contributed by atoms with Gasteiger partial charge in [0.05, 0.1) is 0 Å². The van der Waals surface area contributed by atoms with Gasteiger partial charge < -0.3 is 10.2 Å². The third kappa shape index (κ3) is 5.01. The molecule has 0 saturated carbocycles. The van der Waals surface area contributed by atoms with Crippen LogP contribution in [0, 0.1) is 17.0 Å². The van der Waals surface area contributed by atoms with E-state index in [4.69, 9.17) is 0 Å². The molecule has 1 fully saturated rings. The first kappa shape index (κ1) is 18.4. The Morgan fingerprint density at radius 2 is 1.79 bits per heavy atom. The van der Waals surface area contributed by atoms with Crippen LogP contribution in [0.4, 0.5) is 8.78 Å². The molecule has 0 radical (unpaired) electrons. The summed E-state index contributed by atoms with van der Waals surface area (Å²) in [6.07, 6.45) is 1.78. The van der Waals surface area contributed by atoms with E-state index in [1.807, 2.05) is 20.8 Å². The van der Waals surface area contributed by atoms with Gasteiger partial charge >= 0.3 is 0 Å². The van der Waals surface area contributed by atoms with Gasteiger partial charge in [0.1, 0.15) is 0 Å². The maximum absolute atomic E-state index is 13.3. The van der Waals surface area contributed by atoms with Crippen LogP contribution >= 0.6 is 0 Å². The molecule has 0 unspecified atom stereocenters. The lowest BCUT2D eigenvalue weighted by atomic mass is 9.91. The molecule has 0 atom stereocenters. The standard InChI is InChI=1S/C18H24F2N2O2/c1-18(2,3)11-16(23)21-13-6-8-22(9-7-13)17(24)12-4-5-14(19)15(20)10-12/h4-5,10,13H,6-9,11H2,1-3H3,(H,21,23). The molecule has 2 amide bonds. The third-order valence-corrected chi connectivity index (χ3v) is 4.00. The predicted octanol–water partition coefficient (Wildman–Crippen LogP) is 3.12. The summed E-state index contributed by atoms with van der Waals surface area (Å²) in [4.78, 5) is 25.9. The highest BCUT2D eigenvalue weighted by atomic mass is 19.2. The first-order valence-corrected chi connectivity index (χ1v) is 8.19. The minimum atomic E-state index is -1.02. The number of amides is 2. The Hall–Kier alpha value is -1.98. The highest BCUT2D eigenvalue weighted by Gasteiger charge is 2.26. The van der Waals surface area contributed by atoms with E-state index < -0.39 is 11.6 Å². The van der Waals surface area contributed by atoms with E-state index in [1.165, 1.54) is 6.07 Å². The van der Waals surface area contributed by atoms with Gasteiger partial charge in [0.25, 0.3) is 5.91 Å². The number of rotatable bonds is 3. The second-order valence-electron chi connectivity index (χ2n) is 7.50. The molecule has 1 heterocycles. The number of nitrogens with one attached hydrogen (secondary N) is 1. The molecule has 0 aromatic heterocycles. The van der Waals surface area contributed by atoms with E-state index in [-0.39, 0.29) is 28.8 Å². The quantitative estimate of drug-likeness (QED) is 0.920. The van der Waals surface area contributed by atoms with Crippen molar-refractivity contribution in [1.29, 1.82) is 0 Å². The molecule has 1 aromatic rings. The second kappa shape index (κ2) is 7.28. The Morgan fingerprint density at radius 1 is 1.17 bits per heavy atom. The Kier molecular flexibility index (Phi) is 5.57. The summed E-state index contributed by atoms with van der Waals surface area (Å²) in [6, 6.07) is 3.23. The Labute approximate surface area is 141 Å². The molecular formula is C18H24F2N2O2. The van der Waals surface area contributed by atoms with E-state index in [0.717, 1.165) is 12.1 Å². The predicted molar refractivity (Wildman–Crippen MR) is 87.5 cm³/mol. The summed E-state index contributed by atoms with van der Waals surface area (Å²) >= 11 is 0. The van der Waals surface area contributed by atoms with Crippen molar-refractivity contribution in [3.8, 4) is 0 Å². The number of hydrogen-bond donors (Lipinski definition) is 1. The van der Waals surface area contributed by atoms with Crippen LogP contribution in [-0.4, -0.2) is 35.8 Å². The van der Waals surface area contributed by atoms with Crippen molar-refractivity contribution >= 4 is 11.8 Å². The minimum Gasteiger partial charge on any atom is -0.353 e. The van der Waals surface area contributed by atoms with Crippen molar-refractivity contribution in [2.24, 2.45) is 5.41 Å². The van der Waals surface area contributed by atoms with Crippen molar-refractivity contribution in [2.45, 2.75) is 46.1 Å². The zero-order valence-electron chi connectivity index (χ0n) is 14.4. The molecular weight excluding hydrogens is 314 g/mol. The number of likely N-dealkylation sites (tertiary alicyclic amines) is 1. The summed E-state index contributed by atoms with van der Waals surface area (Å²) < 4.78 is 26.2. The molecule has 0 spiro atoms. The lowest BCUT2D eigenvalue weighted by Crippen LogP contribution is -2.47. The molecule has 1 N–H and O–H groups in total. The SMILES string of the molecule is CC(C)(C)CC(=O)NC1CCN(C(=O)c2ccc(F)c(F)c2)CC1. The Balaban J connectivity index is 1.87. The monoisotopic (exact) mass is 338 g/mol. The van der Waals surface area contributed by atoms with Crippen LogP contribution in [0.5, 0.6) is 0 Å². The van der Waals surface area contributed by atoms with Crippen LogP contribution < -0.4 is 5.32 Å². The van der Waals surface area contributed by atoms with Gasteiger partial charge in [0.15, 0.2) is 11.6 Å². The van der Waals surface area contributed by atoms with Crippen LogP contribution in [0.25, 0.3) is 0 Å². The maximum atomic E-state index is 13.3. The van der Waals surface area contributed by atoms with Gasteiger partial charge in [0.2, 0.25) is 5.91 Å². The van der Waals surface area contributed by atoms with Gasteiger partial charge in [-0.2, -0.15) is 0 Å². The van der Waals surface area contributed by atoms with Crippen LogP contribution in [0.1, 0.15) is 50.4 Å². The zero-order valence-corrected chi connectivity index (χ0v) is 14.4. The van der Waals surface area contributed by atoms with Gasteiger partial charge in [-0.05, 0) is 36.5 Å². The Morgan fingerprint density at radius 3 is 2.33 bits per heavy atom. The van der Waals surface area contributed by atoms with Gasteiger partial charge in [-0.25, -0.2) is 8.78 Å². The molecule has 1 aliphatic heterocycles. The highest BCUT2D eigenvalue weighted by molar-refractivity contribution is 5.94. The largest absolute Gasteiger partial charge is 0.353 e. The minimum absolute atomic E-state index is 0.0212. The van der Waals surface area contributed by atoms with Gasteiger partial charge in [-0.1, -0.05) is 20.8 Å². The van der Waals surface area contributed by atoms with Crippen molar-refractivity contribution in [2.75, 3.05) is 13.1 Å². The summed E-state index contributed by atoms with van der Waals surface area (Å²) in [7, 11) is 0. The topological polar surface area (TPSA) is 49.4 Å². The number of benzene rings is 1. The molecule has 0 aliphatic carbocycles. The normalized spacial score (nSPS) is 16.1. The summed E-state index contributed by atoms with van der Waals surface area (Å²) in [6.45, 7) is 7.00. The number of carbonyl (C=O) groups excluding carboxylic acids is 2. The molecule has 4 nitrogen and oxygen atoms in total. The third-order valence-electron chi connectivity index (χ3n) is 4.00.